The number of methoxy groups -OCH3 is 1. The van der Waals surface area contributed by atoms with Crippen molar-refractivity contribution in [2.24, 2.45) is 11.8 Å². The van der Waals surface area contributed by atoms with Gasteiger partial charge in [0.1, 0.15) is 24.4 Å². The largest absolute Gasteiger partial charge is 0.497 e. The Labute approximate surface area is 304 Å². The van der Waals surface area contributed by atoms with Gasteiger partial charge in [-0.15, -0.1) is 6.58 Å². The van der Waals surface area contributed by atoms with Crippen LogP contribution in [0.5, 0.6) is 5.75 Å². The first-order valence-electron chi connectivity index (χ1n) is 18.5. The van der Waals surface area contributed by atoms with Gasteiger partial charge in [0.15, 0.2) is 0 Å². The van der Waals surface area contributed by atoms with E-state index in [1.165, 1.54) is 16.7 Å². The molecule has 0 saturated carbocycles. The monoisotopic (exact) mass is 689 g/mol. The van der Waals surface area contributed by atoms with E-state index in [9.17, 15) is 9.90 Å². The van der Waals surface area contributed by atoms with Crippen LogP contribution in [0.15, 0.2) is 91.6 Å². The molecule has 1 aromatic heterocycles. The summed E-state index contributed by atoms with van der Waals surface area (Å²) in [7, 11) is 1.68. The van der Waals surface area contributed by atoms with Crippen molar-refractivity contribution in [1.82, 2.24) is 15.6 Å². The van der Waals surface area contributed by atoms with Crippen LogP contribution >= 0.6 is 0 Å². The van der Waals surface area contributed by atoms with Crippen LogP contribution in [0.4, 0.5) is 4.79 Å². The number of nitrogens with zero attached hydrogens (tertiary/aromatic N) is 2. The number of piperidine rings is 3. The minimum Gasteiger partial charge on any atom is -0.497 e. The fraction of sp³-hybridized carbons (Fsp3) is 0.455. The third kappa shape index (κ3) is 7.70. The molecule has 6 atom stereocenters. The predicted molar refractivity (Wildman–Crippen MR) is 207 cm³/mol. The van der Waals surface area contributed by atoms with E-state index in [4.69, 9.17) is 9.72 Å². The van der Waals surface area contributed by atoms with Crippen LogP contribution in [-0.4, -0.2) is 53.5 Å². The maximum Gasteiger partial charge on any atom is 0.316 e. The van der Waals surface area contributed by atoms with E-state index in [0.717, 1.165) is 64.7 Å². The second-order valence-electron chi connectivity index (χ2n) is 17.0. The number of benzene rings is 3. The van der Waals surface area contributed by atoms with E-state index < -0.39 is 6.04 Å². The summed E-state index contributed by atoms with van der Waals surface area (Å²) < 4.78 is 6.54. The minimum absolute atomic E-state index is 0.00709. The molecule has 4 aromatic rings. The smallest absolute Gasteiger partial charge is 0.316 e. The fourth-order valence-corrected chi connectivity index (χ4v) is 8.60. The van der Waals surface area contributed by atoms with Gasteiger partial charge in [-0.05, 0) is 75.4 Å². The normalized spacial score (nSPS) is 23.0. The van der Waals surface area contributed by atoms with Crippen LogP contribution in [0, 0.1) is 11.8 Å². The Balaban J connectivity index is 1.47. The lowest BCUT2D eigenvalue weighted by Gasteiger charge is -2.59. The number of hydrogen-bond acceptors (Lipinski definition) is 4. The zero-order valence-electron chi connectivity index (χ0n) is 31.6. The highest BCUT2D eigenvalue weighted by molar-refractivity contribution is 5.85. The Kier molecular flexibility index (Phi) is 10.4. The predicted octanol–water partition coefficient (Wildman–Crippen LogP) is 8.52. The maximum atomic E-state index is 14.2. The first-order valence-corrected chi connectivity index (χ1v) is 18.5. The molecule has 3 fully saturated rings. The molecular formula is C44H57N4O3+. The molecule has 0 spiro atoms. The van der Waals surface area contributed by atoms with Gasteiger partial charge in [0.2, 0.25) is 0 Å². The van der Waals surface area contributed by atoms with Crippen molar-refractivity contribution in [2.45, 2.75) is 89.9 Å². The quantitative estimate of drug-likeness (QED) is 0.115. The zero-order chi connectivity index (χ0) is 36.6. The molecule has 3 aliphatic heterocycles. The van der Waals surface area contributed by atoms with Crippen LogP contribution in [0.1, 0.15) is 94.3 Å². The SMILES string of the molecule is C=CC1C[N@+]2(Cc3cc(C(C)(C)C)cc(C(C)(C)C)c3)CCC1CC2C(NC(=O)NC(CO)c1ccccc1)c1ccnc2ccc(OC)cc12. The summed E-state index contributed by atoms with van der Waals surface area (Å²) in [6.45, 7) is 20.7. The Bertz CT molecular complexity index is 1830. The highest BCUT2D eigenvalue weighted by atomic mass is 16.5. The molecule has 3 N–H and O–H groups in total. The van der Waals surface area contributed by atoms with Crippen molar-refractivity contribution in [3.05, 3.63) is 119 Å². The molecule has 7 heteroatoms. The number of carbonyl (C=O) groups excluding carboxylic acids is 1. The molecule has 2 bridgehead atoms. The van der Waals surface area contributed by atoms with Gasteiger partial charge in [-0.2, -0.15) is 0 Å². The topological polar surface area (TPSA) is 83.5 Å². The third-order valence-electron chi connectivity index (χ3n) is 11.6. The molecule has 3 saturated heterocycles. The van der Waals surface area contributed by atoms with Crippen LogP contribution in [0.25, 0.3) is 10.9 Å². The van der Waals surface area contributed by atoms with Gasteiger partial charge in [0.05, 0.1) is 38.4 Å². The number of nitrogens with one attached hydrogen (secondary N) is 2. The Morgan fingerprint density at radius 3 is 2.33 bits per heavy atom. The number of fused-ring (bicyclic) bond motifs is 4. The van der Waals surface area contributed by atoms with E-state index in [1.54, 1.807) is 7.11 Å². The number of aliphatic hydroxyl groups excluding tert-OH is 1. The average molecular weight is 690 g/mol. The minimum atomic E-state index is -0.534. The van der Waals surface area contributed by atoms with Gasteiger partial charge in [-0.3, -0.25) is 4.98 Å². The van der Waals surface area contributed by atoms with Gasteiger partial charge in [0.25, 0.3) is 0 Å². The van der Waals surface area contributed by atoms with Crippen LogP contribution in [0.2, 0.25) is 0 Å². The summed E-state index contributed by atoms with van der Waals surface area (Å²) in [4.78, 5) is 18.9. The summed E-state index contributed by atoms with van der Waals surface area (Å²) in [6.07, 6.45) is 6.12. The number of aromatic nitrogens is 1. The number of ether oxygens (including phenoxy) is 1. The summed E-state index contributed by atoms with van der Waals surface area (Å²) in [5.74, 6) is 1.64. The second kappa shape index (κ2) is 14.4. The number of carbonyl (C=O) groups is 1. The lowest BCUT2D eigenvalue weighted by molar-refractivity contribution is -0.983. The van der Waals surface area contributed by atoms with Crippen molar-refractivity contribution >= 4 is 16.9 Å². The molecule has 7 rings (SSSR count). The Hall–Kier alpha value is -4.20. The van der Waals surface area contributed by atoms with E-state index in [2.05, 4.69) is 89.1 Å². The van der Waals surface area contributed by atoms with Gasteiger partial charge in [-0.1, -0.05) is 84.0 Å². The molecule has 0 aliphatic carbocycles. The molecule has 270 valence electrons. The van der Waals surface area contributed by atoms with Crippen LogP contribution < -0.4 is 15.4 Å². The summed E-state index contributed by atoms with van der Waals surface area (Å²) in [6, 6.07) is 23.8. The standard InChI is InChI=1S/C44H56N4O3/c1-9-30-27-48(26-29-21-33(43(2,3)4)24-34(22-29)44(5,6)7)20-18-32(30)23-40(48)41(36-17-19-45-38-16-15-35(51-8)25-37(36)38)47-42(50)46-39(28-49)31-13-11-10-12-14-31/h9-17,19,21-22,24-25,30,32,39-41,49H,1,18,20,23,26-28H2,2-8H3,(H-,46,47,50)/p+1/t30?,32?,39?,40?,41?,48-/m1/s1. The molecule has 3 aliphatic rings. The van der Waals surface area contributed by atoms with Crippen molar-refractivity contribution in [1.29, 1.82) is 0 Å². The van der Waals surface area contributed by atoms with E-state index >= 15 is 0 Å². The van der Waals surface area contributed by atoms with Crippen molar-refractivity contribution < 1.29 is 19.1 Å². The molecule has 4 heterocycles. The number of aliphatic hydroxyl groups is 1. The molecule has 5 unspecified atom stereocenters. The summed E-state index contributed by atoms with van der Waals surface area (Å²) in [5.41, 5.74) is 6.80. The van der Waals surface area contributed by atoms with Gasteiger partial charge in [0, 0.05) is 35.9 Å². The highest BCUT2D eigenvalue weighted by Crippen LogP contribution is 2.48. The fourth-order valence-electron chi connectivity index (χ4n) is 8.60. The van der Waals surface area contributed by atoms with Crippen LogP contribution in [-0.2, 0) is 17.4 Å². The first kappa shape index (κ1) is 36.6. The number of hydrogen-bond donors (Lipinski definition) is 3. The lowest BCUT2D eigenvalue weighted by Crippen LogP contribution is -2.69. The zero-order valence-corrected chi connectivity index (χ0v) is 31.6. The Morgan fingerprint density at radius 2 is 1.71 bits per heavy atom. The van der Waals surface area contributed by atoms with Crippen molar-refractivity contribution in [2.75, 3.05) is 26.8 Å². The summed E-state index contributed by atoms with van der Waals surface area (Å²) in [5, 5.41) is 17.9. The molecule has 0 radical (unpaired) electrons. The van der Waals surface area contributed by atoms with Gasteiger partial charge >= 0.3 is 6.03 Å². The molecule has 3 aromatic carbocycles. The molecule has 2 amide bonds. The van der Waals surface area contributed by atoms with E-state index in [1.807, 2.05) is 54.7 Å². The van der Waals surface area contributed by atoms with E-state index in [0.29, 0.717) is 11.8 Å². The van der Waals surface area contributed by atoms with Crippen LogP contribution in [0.3, 0.4) is 0 Å². The van der Waals surface area contributed by atoms with Crippen molar-refractivity contribution in [3.8, 4) is 5.75 Å². The highest BCUT2D eigenvalue weighted by Gasteiger charge is 2.54. The summed E-state index contributed by atoms with van der Waals surface area (Å²) >= 11 is 0. The average Bonchev–Trinajstić information content (AvgIpc) is 3.12. The second-order valence-corrected chi connectivity index (χ2v) is 17.0. The number of urea groups is 1. The van der Waals surface area contributed by atoms with Gasteiger partial charge in [-0.25, -0.2) is 4.79 Å². The molecule has 51 heavy (non-hydrogen) atoms. The molecular weight excluding hydrogens is 633 g/mol. The molecule has 7 nitrogen and oxygen atoms in total. The number of rotatable bonds is 10. The van der Waals surface area contributed by atoms with Gasteiger partial charge < -0.3 is 25.0 Å². The Morgan fingerprint density at radius 1 is 1.00 bits per heavy atom. The number of pyridine rings is 1. The lowest BCUT2D eigenvalue weighted by atomic mass is 9.70. The first-order chi connectivity index (χ1) is 24.2. The van der Waals surface area contributed by atoms with Crippen molar-refractivity contribution in [3.63, 3.8) is 0 Å². The maximum absolute atomic E-state index is 14.2. The number of quaternary nitrogens is 1. The third-order valence-corrected chi connectivity index (χ3v) is 11.6. The number of amides is 2. The van der Waals surface area contributed by atoms with E-state index in [-0.39, 0.29) is 35.6 Å².